The van der Waals surface area contributed by atoms with Crippen molar-refractivity contribution in [2.24, 2.45) is 0 Å². The van der Waals surface area contributed by atoms with Crippen molar-refractivity contribution < 1.29 is 4.39 Å². The number of piperidine rings is 1. The molecule has 1 aliphatic rings. The van der Waals surface area contributed by atoms with E-state index in [1.165, 1.54) is 12.3 Å². The zero-order valence-corrected chi connectivity index (χ0v) is 11.1. The van der Waals surface area contributed by atoms with E-state index in [0.717, 1.165) is 31.6 Å². The largest absolute Gasteiger partial charge is 0.354 e. The van der Waals surface area contributed by atoms with Crippen molar-refractivity contribution in [3.05, 3.63) is 41.1 Å². The van der Waals surface area contributed by atoms with Gasteiger partial charge >= 0.3 is 0 Å². The highest BCUT2D eigenvalue weighted by Crippen LogP contribution is 2.29. The highest BCUT2D eigenvalue weighted by atomic mass is 35.5. The molecule has 3 heterocycles. The molecule has 19 heavy (non-hydrogen) atoms. The van der Waals surface area contributed by atoms with E-state index in [0.29, 0.717) is 16.8 Å². The van der Waals surface area contributed by atoms with Gasteiger partial charge < -0.3 is 4.90 Å². The summed E-state index contributed by atoms with van der Waals surface area (Å²) in [6, 6.07) is 3.31. The second-order valence-corrected chi connectivity index (χ2v) is 5.17. The van der Waals surface area contributed by atoms with Gasteiger partial charge in [0.1, 0.15) is 0 Å². The molecule has 0 radical (unpaired) electrons. The van der Waals surface area contributed by atoms with E-state index in [4.69, 9.17) is 11.6 Å². The molecule has 1 aliphatic heterocycles. The third kappa shape index (κ3) is 2.56. The Hall–Kier alpha value is -1.62. The lowest BCUT2D eigenvalue weighted by Gasteiger charge is -2.32. The van der Waals surface area contributed by atoms with Gasteiger partial charge in [0, 0.05) is 37.1 Å². The van der Waals surface area contributed by atoms with Crippen LogP contribution in [0.4, 0.5) is 10.2 Å². The number of aromatic amines is 1. The van der Waals surface area contributed by atoms with Crippen LogP contribution in [0.2, 0.25) is 5.02 Å². The second kappa shape index (κ2) is 5.17. The maximum absolute atomic E-state index is 13.8. The summed E-state index contributed by atoms with van der Waals surface area (Å²) in [5, 5.41) is 7.30. The lowest BCUT2D eigenvalue weighted by Crippen LogP contribution is -2.34. The quantitative estimate of drug-likeness (QED) is 0.920. The van der Waals surface area contributed by atoms with Crippen molar-refractivity contribution in [3.8, 4) is 0 Å². The lowest BCUT2D eigenvalue weighted by atomic mass is 9.94. The predicted molar refractivity (Wildman–Crippen MR) is 72.0 cm³/mol. The molecule has 0 aromatic carbocycles. The van der Waals surface area contributed by atoms with Gasteiger partial charge in [-0.05, 0) is 25.0 Å². The van der Waals surface area contributed by atoms with E-state index in [-0.39, 0.29) is 5.82 Å². The first-order chi connectivity index (χ1) is 9.24. The third-order valence-electron chi connectivity index (χ3n) is 3.54. The molecule has 6 heteroatoms. The Bertz CT molecular complexity index is 550. The Morgan fingerprint density at radius 2 is 2.16 bits per heavy atom. The summed E-state index contributed by atoms with van der Waals surface area (Å²) < 4.78 is 13.8. The first-order valence-corrected chi connectivity index (χ1v) is 6.67. The van der Waals surface area contributed by atoms with Crippen LogP contribution in [-0.4, -0.2) is 28.3 Å². The fourth-order valence-corrected chi connectivity index (χ4v) is 2.68. The first-order valence-electron chi connectivity index (χ1n) is 6.29. The number of aromatic nitrogens is 3. The highest BCUT2D eigenvalue weighted by Gasteiger charge is 2.23. The average molecular weight is 281 g/mol. The summed E-state index contributed by atoms with van der Waals surface area (Å²) in [4.78, 5) is 6.06. The maximum Gasteiger partial charge on any atom is 0.167 e. The van der Waals surface area contributed by atoms with Gasteiger partial charge in [0.25, 0.3) is 0 Å². The Labute approximate surface area is 115 Å². The van der Waals surface area contributed by atoms with Crippen molar-refractivity contribution in [2.75, 3.05) is 18.0 Å². The molecule has 3 rings (SSSR count). The smallest absolute Gasteiger partial charge is 0.167 e. The van der Waals surface area contributed by atoms with Crippen molar-refractivity contribution in [2.45, 2.75) is 18.8 Å². The molecule has 0 unspecified atom stereocenters. The summed E-state index contributed by atoms with van der Waals surface area (Å²) in [5.41, 5.74) is 1.16. The Kier molecular flexibility index (Phi) is 3.38. The minimum Gasteiger partial charge on any atom is -0.354 e. The molecule has 0 aliphatic carbocycles. The number of halogens is 2. The average Bonchev–Trinajstić information content (AvgIpc) is 2.93. The lowest BCUT2D eigenvalue weighted by molar-refractivity contribution is 0.485. The topological polar surface area (TPSA) is 44.8 Å². The van der Waals surface area contributed by atoms with Crippen LogP contribution < -0.4 is 4.90 Å². The number of rotatable bonds is 2. The van der Waals surface area contributed by atoms with Crippen LogP contribution >= 0.6 is 11.6 Å². The zero-order chi connectivity index (χ0) is 13.2. The fourth-order valence-electron chi connectivity index (χ4n) is 2.54. The summed E-state index contributed by atoms with van der Waals surface area (Å²) >= 11 is 5.71. The first kappa shape index (κ1) is 12.4. The molecule has 1 fully saturated rings. The van der Waals surface area contributed by atoms with Gasteiger partial charge in [-0.1, -0.05) is 11.6 Å². The summed E-state index contributed by atoms with van der Waals surface area (Å²) in [7, 11) is 0. The number of pyridine rings is 1. The SMILES string of the molecule is Fc1cc(Cl)cnc1N1CCC(c2ccn[nH]2)CC1. The van der Waals surface area contributed by atoms with Gasteiger partial charge in [-0.2, -0.15) is 5.10 Å². The number of hydrogen-bond donors (Lipinski definition) is 1. The van der Waals surface area contributed by atoms with Crippen LogP contribution in [0.3, 0.4) is 0 Å². The summed E-state index contributed by atoms with van der Waals surface area (Å²) in [6.45, 7) is 1.57. The molecule has 100 valence electrons. The van der Waals surface area contributed by atoms with Crippen LogP contribution in [0.5, 0.6) is 0 Å². The molecule has 0 saturated carbocycles. The third-order valence-corrected chi connectivity index (χ3v) is 3.75. The molecule has 2 aromatic rings. The molecular formula is C13H14ClFN4. The Morgan fingerprint density at radius 1 is 1.37 bits per heavy atom. The van der Waals surface area contributed by atoms with E-state index in [9.17, 15) is 4.39 Å². The number of H-pyrrole nitrogens is 1. The molecule has 0 bridgehead atoms. The van der Waals surface area contributed by atoms with Crippen LogP contribution in [0.1, 0.15) is 24.5 Å². The second-order valence-electron chi connectivity index (χ2n) is 4.73. The number of hydrogen-bond acceptors (Lipinski definition) is 3. The van der Waals surface area contributed by atoms with Gasteiger partial charge in [-0.25, -0.2) is 9.37 Å². The monoisotopic (exact) mass is 280 g/mol. The van der Waals surface area contributed by atoms with E-state index >= 15 is 0 Å². The Balaban J connectivity index is 1.70. The molecular weight excluding hydrogens is 267 g/mol. The van der Waals surface area contributed by atoms with Crippen LogP contribution in [0.15, 0.2) is 24.5 Å². The van der Waals surface area contributed by atoms with E-state index in [1.807, 2.05) is 11.0 Å². The molecule has 4 nitrogen and oxygen atoms in total. The molecule has 2 aromatic heterocycles. The Morgan fingerprint density at radius 3 is 2.79 bits per heavy atom. The summed E-state index contributed by atoms with van der Waals surface area (Å²) in [5.74, 6) is 0.508. The van der Waals surface area contributed by atoms with Crippen LogP contribution in [0.25, 0.3) is 0 Å². The number of nitrogens with one attached hydrogen (secondary N) is 1. The van der Waals surface area contributed by atoms with Gasteiger partial charge in [-0.15, -0.1) is 0 Å². The van der Waals surface area contributed by atoms with Gasteiger partial charge in [0.15, 0.2) is 11.6 Å². The standard InChI is InChI=1S/C13H14ClFN4/c14-10-7-11(15)13(16-8-10)19-5-2-9(3-6-19)12-1-4-17-18-12/h1,4,7-9H,2-3,5-6H2,(H,17,18). The van der Waals surface area contributed by atoms with Crippen molar-refractivity contribution in [1.82, 2.24) is 15.2 Å². The molecule has 0 atom stereocenters. The summed E-state index contributed by atoms with van der Waals surface area (Å²) in [6.07, 6.45) is 5.18. The molecule has 0 spiro atoms. The minimum atomic E-state index is -0.354. The molecule has 0 amide bonds. The van der Waals surface area contributed by atoms with Crippen LogP contribution in [-0.2, 0) is 0 Å². The molecule has 1 saturated heterocycles. The van der Waals surface area contributed by atoms with Crippen molar-refractivity contribution in [1.29, 1.82) is 0 Å². The van der Waals surface area contributed by atoms with Crippen molar-refractivity contribution in [3.63, 3.8) is 0 Å². The van der Waals surface area contributed by atoms with E-state index in [1.54, 1.807) is 6.20 Å². The van der Waals surface area contributed by atoms with Gasteiger partial charge in [0.2, 0.25) is 0 Å². The number of nitrogens with zero attached hydrogens (tertiary/aromatic N) is 3. The normalized spacial score (nSPS) is 16.8. The fraction of sp³-hybridized carbons (Fsp3) is 0.385. The van der Waals surface area contributed by atoms with Gasteiger partial charge in [-0.3, -0.25) is 5.10 Å². The van der Waals surface area contributed by atoms with Gasteiger partial charge in [0.05, 0.1) is 5.02 Å². The van der Waals surface area contributed by atoms with Crippen molar-refractivity contribution >= 4 is 17.4 Å². The van der Waals surface area contributed by atoms with E-state index < -0.39 is 0 Å². The zero-order valence-electron chi connectivity index (χ0n) is 10.3. The minimum absolute atomic E-state index is 0.327. The highest BCUT2D eigenvalue weighted by molar-refractivity contribution is 6.30. The van der Waals surface area contributed by atoms with E-state index in [2.05, 4.69) is 15.2 Å². The molecule has 1 N–H and O–H groups in total. The van der Waals surface area contributed by atoms with Crippen LogP contribution in [0, 0.1) is 5.82 Å². The maximum atomic E-state index is 13.8. The number of anilines is 1. The predicted octanol–water partition coefficient (Wildman–Crippen LogP) is 2.98.